The van der Waals surface area contributed by atoms with E-state index in [1.165, 1.54) is 6.07 Å². The summed E-state index contributed by atoms with van der Waals surface area (Å²) in [6.45, 7) is 2.84. The molecule has 2 N–H and O–H groups in total. The van der Waals surface area contributed by atoms with Crippen LogP contribution in [0.4, 0.5) is 5.69 Å². The second kappa shape index (κ2) is 11.7. The number of hydrogen-bond donors (Lipinski definition) is 2. The van der Waals surface area contributed by atoms with Crippen LogP contribution in [0.2, 0.25) is 5.02 Å². The highest BCUT2D eigenvalue weighted by molar-refractivity contribution is 7.90. The summed E-state index contributed by atoms with van der Waals surface area (Å²) < 4.78 is 40.9. The smallest absolute Gasteiger partial charge is 0.318 e. The number of benzene rings is 3. The third-order valence-electron chi connectivity index (χ3n) is 5.65. The molecule has 0 aliphatic carbocycles. The van der Waals surface area contributed by atoms with Gasteiger partial charge in [-0.1, -0.05) is 41.9 Å². The standard InChI is InChI=1S/C27H26ClN3O6S/c1-18-14-22(28)10-13-24(18)30-38(34,35)31(16-26(32)33)15-20-8-11-23(12-9-20)36-17-25-19(2)37-27(29-25)21-6-4-3-5-7-21/h3-14,30H,15-17H2,1-2H3,(H,32,33). The number of nitrogens with one attached hydrogen (secondary N) is 1. The highest BCUT2D eigenvalue weighted by Gasteiger charge is 2.25. The number of anilines is 1. The average molecular weight is 556 g/mol. The summed E-state index contributed by atoms with van der Waals surface area (Å²) in [6.07, 6.45) is 0. The van der Waals surface area contributed by atoms with E-state index in [0.717, 1.165) is 9.87 Å². The summed E-state index contributed by atoms with van der Waals surface area (Å²) >= 11 is 5.95. The first kappa shape index (κ1) is 27.2. The molecule has 0 saturated heterocycles. The predicted octanol–water partition coefficient (Wildman–Crippen LogP) is 5.43. The van der Waals surface area contributed by atoms with Crippen LogP contribution in [-0.4, -0.2) is 35.3 Å². The second-order valence-corrected chi connectivity index (χ2v) is 10.7. The van der Waals surface area contributed by atoms with Crippen LogP contribution >= 0.6 is 11.6 Å². The second-order valence-electron chi connectivity index (χ2n) is 8.55. The number of hydrogen-bond acceptors (Lipinski definition) is 6. The fraction of sp³-hybridized carbons (Fsp3) is 0.185. The molecule has 198 valence electrons. The van der Waals surface area contributed by atoms with Crippen molar-refractivity contribution in [2.75, 3.05) is 11.3 Å². The molecule has 0 atom stereocenters. The highest BCUT2D eigenvalue weighted by Crippen LogP contribution is 2.24. The van der Waals surface area contributed by atoms with Crippen LogP contribution in [0.25, 0.3) is 11.5 Å². The van der Waals surface area contributed by atoms with Crippen LogP contribution in [0.15, 0.2) is 77.2 Å². The summed E-state index contributed by atoms with van der Waals surface area (Å²) in [5.41, 5.74) is 3.03. The first-order valence-electron chi connectivity index (χ1n) is 11.6. The van der Waals surface area contributed by atoms with E-state index in [4.69, 9.17) is 20.8 Å². The minimum atomic E-state index is -4.18. The molecule has 0 spiro atoms. The van der Waals surface area contributed by atoms with Gasteiger partial charge in [-0.25, -0.2) is 4.98 Å². The highest BCUT2D eigenvalue weighted by atomic mass is 35.5. The van der Waals surface area contributed by atoms with Crippen molar-refractivity contribution in [2.24, 2.45) is 0 Å². The fourth-order valence-electron chi connectivity index (χ4n) is 3.63. The Hall–Kier alpha value is -3.86. The first-order valence-corrected chi connectivity index (χ1v) is 13.4. The molecule has 4 rings (SSSR count). The van der Waals surface area contributed by atoms with Gasteiger partial charge < -0.3 is 14.3 Å². The minimum absolute atomic E-state index is 0.155. The summed E-state index contributed by atoms with van der Waals surface area (Å²) in [6, 6.07) is 21.0. The van der Waals surface area contributed by atoms with Gasteiger partial charge >= 0.3 is 16.2 Å². The number of aromatic nitrogens is 1. The lowest BCUT2D eigenvalue weighted by Crippen LogP contribution is -2.39. The number of ether oxygens (including phenoxy) is 1. The largest absolute Gasteiger partial charge is 0.487 e. The molecule has 0 amide bonds. The molecule has 1 aromatic heterocycles. The molecule has 0 bridgehead atoms. The number of aryl methyl sites for hydroxylation is 2. The first-order chi connectivity index (χ1) is 18.1. The van der Waals surface area contributed by atoms with Gasteiger partial charge in [0.25, 0.3) is 0 Å². The van der Waals surface area contributed by atoms with Crippen molar-refractivity contribution in [2.45, 2.75) is 27.0 Å². The van der Waals surface area contributed by atoms with E-state index in [2.05, 4.69) is 9.71 Å². The normalized spacial score (nSPS) is 11.5. The average Bonchev–Trinajstić information content (AvgIpc) is 3.25. The van der Waals surface area contributed by atoms with E-state index < -0.39 is 22.7 Å². The molecule has 3 aromatic carbocycles. The molecule has 4 aromatic rings. The number of carboxylic acids is 1. The molecule has 0 unspecified atom stereocenters. The van der Waals surface area contributed by atoms with Crippen molar-refractivity contribution in [1.82, 2.24) is 9.29 Å². The maximum Gasteiger partial charge on any atom is 0.318 e. The van der Waals surface area contributed by atoms with Crippen LogP contribution in [0.3, 0.4) is 0 Å². The monoisotopic (exact) mass is 555 g/mol. The summed E-state index contributed by atoms with van der Waals surface area (Å²) in [5, 5.41) is 9.78. The van der Waals surface area contributed by atoms with Gasteiger partial charge in [-0.15, -0.1) is 0 Å². The van der Waals surface area contributed by atoms with Crippen molar-refractivity contribution in [3.63, 3.8) is 0 Å². The number of carbonyl (C=O) groups is 1. The zero-order valence-electron chi connectivity index (χ0n) is 20.7. The number of halogens is 1. The molecular weight excluding hydrogens is 530 g/mol. The van der Waals surface area contributed by atoms with Gasteiger partial charge in [0, 0.05) is 17.1 Å². The Morgan fingerprint density at radius 1 is 1.08 bits per heavy atom. The molecule has 0 saturated carbocycles. The molecule has 0 aliphatic rings. The van der Waals surface area contributed by atoms with Gasteiger partial charge in [0.15, 0.2) is 0 Å². The Bertz CT molecular complexity index is 1520. The molecular formula is C27H26ClN3O6S. The zero-order valence-corrected chi connectivity index (χ0v) is 22.3. The van der Waals surface area contributed by atoms with Gasteiger partial charge in [-0.05, 0) is 67.4 Å². The quantitative estimate of drug-likeness (QED) is 0.253. The Labute approximate surface area is 225 Å². The Morgan fingerprint density at radius 2 is 1.79 bits per heavy atom. The fourth-order valence-corrected chi connectivity index (χ4v) is 5.10. The predicted molar refractivity (Wildman–Crippen MR) is 144 cm³/mol. The Morgan fingerprint density at radius 3 is 2.45 bits per heavy atom. The van der Waals surface area contributed by atoms with Gasteiger partial charge in [0.1, 0.15) is 30.4 Å². The van der Waals surface area contributed by atoms with Crippen LogP contribution in [0.5, 0.6) is 5.75 Å². The number of aliphatic carboxylic acids is 1. The van der Waals surface area contributed by atoms with Crippen LogP contribution in [-0.2, 0) is 28.2 Å². The number of nitrogens with zero attached hydrogens (tertiary/aromatic N) is 2. The van der Waals surface area contributed by atoms with Crippen molar-refractivity contribution >= 4 is 33.5 Å². The van der Waals surface area contributed by atoms with E-state index in [0.29, 0.717) is 44.9 Å². The minimum Gasteiger partial charge on any atom is -0.487 e. The third kappa shape index (κ3) is 6.91. The molecule has 0 fully saturated rings. The van der Waals surface area contributed by atoms with E-state index in [9.17, 15) is 18.3 Å². The van der Waals surface area contributed by atoms with Crippen molar-refractivity contribution < 1.29 is 27.5 Å². The molecule has 9 nitrogen and oxygen atoms in total. The summed E-state index contributed by atoms with van der Waals surface area (Å²) in [7, 11) is -4.18. The SMILES string of the molecule is Cc1cc(Cl)ccc1NS(=O)(=O)N(CC(=O)O)Cc1ccc(OCc2nc(-c3ccccc3)oc2C)cc1. The zero-order chi connectivity index (χ0) is 27.3. The topological polar surface area (TPSA) is 122 Å². The summed E-state index contributed by atoms with van der Waals surface area (Å²) in [4.78, 5) is 15.9. The van der Waals surface area contributed by atoms with E-state index in [1.54, 1.807) is 43.3 Å². The van der Waals surface area contributed by atoms with Gasteiger partial charge in [0.2, 0.25) is 5.89 Å². The lowest BCUT2D eigenvalue weighted by Gasteiger charge is -2.22. The molecule has 0 radical (unpaired) electrons. The molecule has 1 heterocycles. The Kier molecular flexibility index (Phi) is 8.35. The van der Waals surface area contributed by atoms with E-state index >= 15 is 0 Å². The number of rotatable bonds is 11. The molecule has 38 heavy (non-hydrogen) atoms. The maximum absolute atomic E-state index is 13.0. The van der Waals surface area contributed by atoms with Crippen molar-refractivity contribution in [1.29, 1.82) is 0 Å². The number of carboxylic acid groups (broad SMARTS) is 1. The van der Waals surface area contributed by atoms with Crippen LogP contribution in [0, 0.1) is 13.8 Å². The number of oxazole rings is 1. The van der Waals surface area contributed by atoms with E-state index in [1.807, 2.05) is 37.3 Å². The van der Waals surface area contributed by atoms with Gasteiger partial charge in [-0.3, -0.25) is 9.52 Å². The maximum atomic E-state index is 13.0. The lowest BCUT2D eigenvalue weighted by atomic mass is 10.2. The molecule has 11 heteroatoms. The lowest BCUT2D eigenvalue weighted by molar-refractivity contribution is -0.137. The van der Waals surface area contributed by atoms with Crippen molar-refractivity contribution in [3.05, 3.63) is 100 Å². The molecule has 0 aliphatic heterocycles. The summed E-state index contributed by atoms with van der Waals surface area (Å²) in [5.74, 6) is 0.429. The van der Waals surface area contributed by atoms with E-state index in [-0.39, 0.29) is 13.2 Å². The van der Waals surface area contributed by atoms with Crippen LogP contribution < -0.4 is 9.46 Å². The van der Waals surface area contributed by atoms with Crippen molar-refractivity contribution in [3.8, 4) is 17.2 Å². The Balaban J connectivity index is 1.42. The van der Waals surface area contributed by atoms with Gasteiger partial charge in [-0.2, -0.15) is 12.7 Å². The van der Waals surface area contributed by atoms with Gasteiger partial charge in [0.05, 0.1) is 5.69 Å². The third-order valence-corrected chi connectivity index (χ3v) is 7.30. The van der Waals surface area contributed by atoms with Crippen LogP contribution in [0.1, 0.15) is 22.6 Å².